The summed E-state index contributed by atoms with van der Waals surface area (Å²) in [6.07, 6.45) is 0. The molecular weight excluding hydrogens is 292 g/mol. The summed E-state index contributed by atoms with van der Waals surface area (Å²) in [6.45, 7) is 7.93. The molecule has 0 fully saturated rings. The normalized spacial score (nSPS) is 13.1. The molecule has 6 nitrogen and oxygen atoms in total. The van der Waals surface area contributed by atoms with Crippen molar-refractivity contribution in [2.24, 2.45) is 5.41 Å². The zero-order valence-electron chi connectivity index (χ0n) is 13.6. The Morgan fingerprint density at radius 3 is 2.29 bits per heavy atom. The summed E-state index contributed by atoms with van der Waals surface area (Å²) in [5.41, 5.74) is 0.119. The second-order valence-electron chi connectivity index (χ2n) is 6.41. The second-order valence-corrected chi connectivity index (χ2v) is 8.11. The summed E-state index contributed by atoms with van der Waals surface area (Å²) in [5.74, 6) is 0.734. The van der Waals surface area contributed by atoms with Gasteiger partial charge < -0.3 is 14.4 Å². The van der Waals surface area contributed by atoms with E-state index in [1.54, 1.807) is 13.8 Å². The first-order chi connectivity index (χ1) is 9.50. The van der Waals surface area contributed by atoms with Gasteiger partial charge in [-0.2, -0.15) is 0 Å². The number of rotatable bonds is 7. The zero-order chi connectivity index (χ0) is 16.4. The van der Waals surface area contributed by atoms with Crippen LogP contribution in [0.15, 0.2) is 9.31 Å². The first-order valence-corrected chi connectivity index (χ1v) is 8.32. The minimum Gasteiger partial charge on any atom is -0.465 e. The predicted molar refractivity (Wildman–Crippen MR) is 81.6 cm³/mol. The molecule has 0 aliphatic heterocycles. The number of aryl methyl sites for hydroxylation is 2. The molecular formula is C14H26N2O4S. The number of aliphatic hydroxyl groups excluding tert-OH is 1. The maximum absolute atomic E-state index is 12.5. The van der Waals surface area contributed by atoms with Crippen LogP contribution in [0.25, 0.3) is 0 Å². The minimum atomic E-state index is -3.70. The fraction of sp³-hybridized carbons (Fsp3) is 0.714. The Morgan fingerprint density at radius 2 is 1.81 bits per heavy atom. The third-order valence-electron chi connectivity index (χ3n) is 3.24. The Bertz CT molecular complexity index is 588. The quantitative estimate of drug-likeness (QED) is 0.791. The summed E-state index contributed by atoms with van der Waals surface area (Å²) in [5, 5.41) is 9.36. The lowest BCUT2D eigenvalue weighted by Crippen LogP contribution is -2.40. The number of nitrogens with zero attached hydrogens (tertiary/aromatic N) is 1. The van der Waals surface area contributed by atoms with Crippen molar-refractivity contribution in [3.05, 3.63) is 17.1 Å². The highest BCUT2D eigenvalue weighted by molar-refractivity contribution is 7.89. The maximum atomic E-state index is 12.5. The molecule has 1 rings (SSSR count). The van der Waals surface area contributed by atoms with Crippen molar-refractivity contribution < 1.29 is 17.9 Å². The molecule has 0 saturated heterocycles. The van der Waals surface area contributed by atoms with Gasteiger partial charge in [-0.05, 0) is 33.4 Å². The van der Waals surface area contributed by atoms with Crippen molar-refractivity contribution in [1.29, 1.82) is 0 Å². The fourth-order valence-corrected chi connectivity index (χ4v) is 4.20. The van der Waals surface area contributed by atoms with E-state index in [9.17, 15) is 13.5 Å². The average Bonchev–Trinajstić information content (AvgIpc) is 2.60. The first kappa shape index (κ1) is 18.2. The molecule has 0 aliphatic rings. The smallest absolute Gasteiger partial charge is 0.244 e. The van der Waals surface area contributed by atoms with Gasteiger partial charge in [-0.1, -0.05) is 13.8 Å². The van der Waals surface area contributed by atoms with Crippen LogP contribution >= 0.6 is 0 Å². The van der Waals surface area contributed by atoms with E-state index in [0.717, 1.165) is 6.54 Å². The lowest BCUT2D eigenvalue weighted by Gasteiger charge is -2.28. The van der Waals surface area contributed by atoms with Gasteiger partial charge in [0, 0.05) is 18.7 Å². The van der Waals surface area contributed by atoms with E-state index in [0.29, 0.717) is 23.6 Å². The molecule has 0 atom stereocenters. The van der Waals surface area contributed by atoms with Crippen molar-refractivity contribution in [2.75, 3.05) is 27.2 Å². The molecule has 0 radical (unpaired) electrons. The fourth-order valence-electron chi connectivity index (χ4n) is 2.52. The summed E-state index contributed by atoms with van der Waals surface area (Å²) < 4.78 is 32.9. The third-order valence-corrected chi connectivity index (χ3v) is 4.83. The van der Waals surface area contributed by atoms with Crippen LogP contribution in [0.2, 0.25) is 0 Å². The van der Waals surface area contributed by atoms with Gasteiger partial charge in [-0.25, -0.2) is 13.1 Å². The molecule has 0 bridgehead atoms. The van der Waals surface area contributed by atoms with Gasteiger partial charge in [0.05, 0.1) is 6.61 Å². The number of hydrogen-bond donors (Lipinski definition) is 2. The Kier molecular flexibility index (Phi) is 5.60. The van der Waals surface area contributed by atoms with Gasteiger partial charge in [0.1, 0.15) is 16.4 Å². The Morgan fingerprint density at radius 1 is 1.24 bits per heavy atom. The summed E-state index contributed by atoms with van der Waals surface area (Å²) in [6, 6.07) is 0. The van der Waals surface area contributed by atoms with Crippen molar-refractivity contribution in [3.63, 3.8) is 0 Å². The molecule has 0 saturated carbocycles. The Balaban J connectivity index is 2.98. The zero-order valence-corrected chi connectivity index (χ0v) is 14.5. The van der Waals surface area contributed by atoms with Crippen molar-refractivity contribution in [3.8, 4) is 0 Å². The van der Waals surface area contributed by atoms with E-state index < -0.39 is 10.0 Å². The highest BCUT2D eigenvalue weighted by Crippen LogP contribution is 2.27. The summed E-state index contributed by atoms with van der Waals surface area (Å²) in [4.78, 5) is 2.07. The second kappa shape index (κ2) is 6.48. The number of hydrogen-bond acceptors (Lipinski definition) is 5. The van der Waals surface area contributed by atoms with E-state index >= 15 is 0 Å². The van der Waals surface area contributed by atoms with E-state index in [1.807, 2.05) is 32.8 Å². The third kappa shape index (κ3) is 4.54. The van der Waals surface area contributed by atoms with Crippen LogP contribution in [0.4, 0.5) is 0 Å². The molecule has 0 unspecified atom stereocenters. The standard InChI is InChI=1S/C14H26N2O4S/c1-10-12(7-17)13(11(2)20-10)21(18,19)15-8-14(3,4)9-16(5)6/h15,17H,7-9H2,1-6H3. The van der Waals surface area contributed by atoms with E-state index in [1.165, 1.54) is 0 Å². The molecule has 0 spiro atoms. The van der Waals surface area contributed by atoms with Crippen molar-refractivity contribution in [2.45, 2.75) is 39.2 Å². The van der Waals surface area contributed by atoms with Crippen LogP contribution in [0.5, 0.6) is 0 Å². The van der Waals surface area contributed by atoms with Crippen LogP contribution < -0.4 is 4.72 Å². The molecule has 1 aromatic rings. The molecule has 0 amide bonds. The molecule has 122 valence electrons. The van der Waals surface area contributed by atoms with Crippen LogP contribution in [-0.2, 0) is 16.6 Å². The average molecular weight is 318 g/mol. The first-order valence-electron chi connectivity index (χ1n) is 6.84. The largest absolute Gasteiger partial charge is 0.465 e. The van der Waals surface area contributed by atoms with Gasteiger partial charge in [0.25, 0.3) is 0 Å². The Labute approximate surface area is 127 Å². The van der Waals surface area contributed by atoms with Gasteiger partial charge in [0.2, 0.25) is 10.0 Å². The van der Waals surface area contributed by atoms with Gasteiger partial charge >= 0.3 is 0 Å². The SMILES string of the molecule is Cc1oc(C)c(S(=O)(=O)NCC(C)(C)CN(C)C)c1CO. The van der Waals surface area contributed by atoms with Crippen LogP contribution in [0, 0.1) is 19.3 Å². The maximum Gasteiger partial charge on any atom is 0.244 e. The molecule has 1 heterocycles. The lowest BCUT2D eigenvalue weighted by molar-refractivity contribution is 0.242. The molecule has 0 aliphatic carbocycles. The number of sulfonamides is 1. The monoisotopic (exact) mass is 318 g/mol. The van der Waals surface area contributed by atoms with Gasteiger partial charge in [0.15, 0.2) is 0 Å². The molecule has 1 aromatic heterocycles. The molecule has 21 heavy (non-hydrogen) atoms. The van der Waals surface area contributed by atoms with E-state index in [4.69, 9.17) is 4.42 Å². The number of aliphatic hydroxyl groups is 1. The van der Waals surface area contributed by atoms with E-state index in [2.05, 4.69) is 4.72 Å². The topological polar surface area (TPSA) is 82.8 Å². The summed E-state index contributed by atoms with van der Waals surface area (Å²) >= 11 is 0. The summed E-state index contributed by atoms with van der Waals surface area (Å²) in [7, 11) is 0.192. The van der Waals surface area contributed by atoms with Crippen molar-refractivity contribution in [1.82, 2.24) is 9.62 Å². The highest BCUT2D eigenvalue weighted by Gasteiger charge is 2.29. The predicted octanol–water partition coefficient (Wildman–Crippen LogP) is 1.25. The highest BCUT2D eigenvalue weighted by atomic mass is 32.2. The lowest BCUT2D eigenvalue weighted by atomic mass is 9.93. The number of furan rings is 1. The Hall–Kier alpha value is -0.890. The van der Waals surface area contributed by atoms with Gasteiger partial charge in [-0.15, -0.1) is 0 Å². The van der Waals surface area contributed by atoms with Crippen LogP contribution in [0.1, 0.15) is 30.9 Å². The molecule has 0 aromatic carbocycles. The van der Waals surface area contributed by atoms with Crippen molar-refractivity contribution >= 4 is 10.0 Å². The number of nitrogens with one attached hydrogen (secondary N) is 1. The molecule has 2 N–H and O–H groups in total. The van der Waals surface area contributed by atoms with Crippen LogP contribution in [-0.4, -0.2) is 45.6 Å². The molecule has 7 heteroatoms. The van der Waals surface area contributed by atoms with Crippen LogP contribution in [0.3, 0.4) is 0 Å². The van der Waals surface area contributed by atoms with Gasteiger partial charge in [-0.3, -0.25) is 0 Å². The minimum absolute atomic E-state index is 0.0585. The van der Waals surface area contributed by atoms with E-state index in [-0.39, 0.29) is 16.9 Å².